The first-order valence-corrected chi connectivity index (χ1v) is 7.40. The molecule has 0 radical (unpaired) electrons. The van der Waals surface area contributed by atoms with Crippen LogP contribution in [0.3, 0.4) is 0 Å². The normalized spacial score (nSPS) is 19.4. The van der Waals surface area contributed by atoms with E-state index in [1.807, 2.05) is 30.3 Å². The molecule has 108 valence electrons. The van der Waals surface area contributed by atoms with Crippen molar-refractivity contribution < 1.29 is 0 Å². The number of likely N-dealkylation sites (N-methyl/N-ethyl adjacent to an activating group) is 2. The Hall–Kier alpha value is -2.12. The number of nitriles is 1. The van der Waals surface area contributed by atoms with E-state index in [1.165, 1.54) is 19.4 Å². The predicted octanol–water partition coefficient (Wildman–Crippen LogP) is 2.64. The van der Waals surface area contributed by atoms with E-state index in [1.54, 1.807) is 0 Å². The van der Waals surface area contributed by atoms with E-state index in [0.717, 1.165) is 23.3 Å². The van der Waals surface area contributed by atoms with Crippen LogP contribution in [-0.2, 0) is 0 Å². The van der Waals surface area contributed by atoms with Crippen LogP contribution in [0.5, 0.6) is 0 Å². The summed E-state index contributed by atoms with van der Waals surface area (Å²) in [5.74, 6) is 0.894. The van der Waals surface area contributed by atoms with Crippen molar-refractivity contribution in [2.45, 2.75) is 18.9 Å². The highest BCUT2D eigenvalue weighted by molar-refractivity contribution is 5.86. The fourth-order valence-corrected chi connectivity index (χ4v) is 3.08. The maximum Gasteiger partial charge on any atom is 0.130 e. The summed E-state index contributed by atoms with van der Waals surface area (Å²) in [5.41, 5.74) is 1.59. The lowest BCUT2D eigenvalue weighted by atomic mass is 10.0. The second kappa shape index (κ2) is 5.71. The number of piperidine rings is 1. The lowest BCUT2D eigenvalue weighted by molar-refractivity contribution is 0.247. The zero-order chi connectivity index (χ0) is 14.8. The van der Waals surface area contributed by atoms with Crippen molar-refractivity contribution in [1.29, 1.82) is 5.26 Å². The molecule has 0 aliphatic carbocycles. The van der Waals surface area contributed by atoms with Crippen molar-refractivity contribution in [2.75, 3.05) is 32.1 Å². The summed E-state index contributed by atoms with van der Waals surface area (Å²) in [6, 6.07) is 12.5. The van der Waals surface area contributed by atoms with E-state index in [9.17, 15) is 5.26 Å². The molecule has 1 unspecified atom stereocenters. The Morgan fingerprint density at radius 3 is 2.95 bits per heavy atom. The number of hydrogen-bond donors (Lipinski definition) is 0. The van der Waals surface area contributed by atoms with Gasteiger partial charge in [0.05, 0.1) is 17.1 Å². The molecule has 1 aliphatic heterocycles. The van der Waals surface area contributed by atoms with Gasteiger partial charge in [0.15, 0.2) is 0 Å². The van der Waals surface area contributed by atoms with Crippen LogP contribution < -0.4 is 4.90 Å². The topological polar surface area (TPSA) is 43.2 Å². The monoisotopic (exact) mass is 280 g/mol. The van der Waals surface area contributed by atoms with Gasteiger partial charge in [-0.1, -0.05) is 18.2 Å². The van der Waals surface area contributed by atoms with Gasteiger partial charge in [-0.05, 0) is 38.6 Å². The fraction of sp³-hybridized carbons (Fsp3) is 0.412. The average Bonchev–Trinajstić information content (AvgIpc) is 2.53. The molecule has 2 heterocycles. The van der Waals surface area contributed by atoms with Crippen LogP contribution in [0.4, 0.5) is 5.82 Å². The molecule has 3 rings (SSSR count). The second-order valence-corrected chi connectivity index (χ2v) is 5.83. The Kier molecular flexibility index (Phi) is 3.76. The van der Waals surface area contributed by atoms with Gasteiger partial charge in [0, 0.05) is 25.0 Å². The second-order valence-electron chi connectivity index (χ2n) is 5.83. The van der Waals surface area contributed by atoms with E-state index >= 15 is 0 Å². The van der Waals surface area contributed by atoms with Crippen molar-refractivity contribution in [3.63, 3.8) is 0 Å². The number of hydrogen-bond acceptors (Lipinski definition) is 4. The molecule has 0 bridgehead atoms. The third-order valence-electron chi connectivity index (χ3n) is 4.33. The number of benzene rings is 1. The van der Waals surface area contributed by atoms with E-state index in [0.29, 0.717) is 11.6 Å². The molecule has 4 nitrogen and oxygen atoms in total. The Labute approximate surface area is 125 Å². The summed E-state index contributed by atoms with van der Waals surface area (Å²) in [7, 11) is 4.25. The summed E-state index contributed by atoms with van der Waals surface area (Å²) in [6.07, 6.45) is 2.39. The molecule has 0 N–H and O–H groups in total. The molecule has 4 heteroatoms. The highest BCUT2D eigenvalue weighted by Crippen LogP contribution is 2.25. The standard InChI is InChI=1S/C17H20N4/c1-20-9-5-6-14(12-20)21(2)17-10-13(11-18)15-7-3-4-8-16(15)19-17/h3-4,7-8,10,14H,5-6,9,12H2,1-2H3. The Morgan fingerprint density at radius 1 is 1.38 bits per heavy atom. The SMILES string of the molecule is CN1CCCC(N(C)c2cc(C#N)c3ccccc3n2)C1. The largest absolute Gasteiger partial charge is 0.355 e. The third-order valence-corrected chi connectivity index (χ3v) is 4.33. The molecule has 2 aromatic rings. The first-order valence-electron chi connectivity index (χ1n) is 7.40. The van der Waals surface area contributed by atoms with E-state index < -0.39 is 0 Å². The molecular weight excluding hydrogens is 260 g/mol. The van der Waals surface area contributed by atoms with Crippen molar-refractivity contribution >= 4 is 16.7 Å². The number of fused-ring (bicyclic) bond motifs is 1. The van der Waals surface area contributed by atoms with Gasteiger partial charge in [0.2, 0.25) is 0 Å². The van der Waals surface area contributed by atoms with Crippen LogP contribution in [0.2, 0.25) is 0 Å². The van der Waals surface area contributed by atoms with Crippen molar-refractivity contribution in [3.8, 4) is 6.07 Å². The van der Waals surface area contributed by atoms with Gasteiger partial charge in [0.1, 0.15) is 5.82 Å². The fourth-order valence-electron chi connectivity index (χ4n) is 3.08. The molecule has 1 saturated heterocycles. The maximum absolute atomic E-state index is 9.39. The Bertz CT molecular complexity index is 689. The van der Waals surface area contributed by atoms with Gasteiger partial charge in [-0.15, -0.1) is 0 Å². The zero-order valence-electron chi connectivity index (χ0n) is 12.6. The first-order chi connectivity index (χ1) is 10.2. The first kappa shape index (κ1) is 13.8. The van der Waals surface area contributed by atoms with Crippen LogP contribution in [0.25, 0.3) is 10.9 Å². The van der Waals surface area contributed by atoms with E-state index in [-0.39, 0.29) is 0 Å². The van der Waals surface area contributed by atoms with Gasteiger partial charge in [0.25, 0.3) is 0 Å². The number of anilines is 1. The molecule has 1 fully saturated rings. The lowest BCUT2D eigenvalue weighted by Crippen LogP contribution is -2.45. The number of rotatable bonds is 2. The average molecular weight is 280 g/mol. The van der Waals surface area contributed by atoms with Crippen LogP contribution in [0, 0.1) is 11.3 Å². The molecule has 1 atom stereocenters. The summed E-state index contributed by atoms with van der Waals surface area (Å²) < 4.78 is 0. The number of pyridine rings is 1. The minimum atomic E-state index is 0.462. The van der Waals surface area contributed by atoms with Gasteiger partial charge in [-0.3, -0.25) is 0 Å². The molecule has 0 spiro atoms. The van der Waals surface area contributed by atoms with Gasteiger partial charge >= 0.3 is 0 Å². The lowest BCUT2D eigenvalue weighted by Gasteiger charge is -2.36. The molecule has 1 aromatic heterocycles. The number of aromatic nitrogens is 1. The molecule has 1 aromatic carbocycles. The van der Waals surface area contributed by atoms with Crippen LogP contribution >= 0.6 is 0 Å². The Morgan fingerprint density at radius 2 is 2.19 bits per heavy atom. The number of likely N-dealkylation sites (tertiary alicyclic amines) is 1. The van der Waals surface area contributed by atoms with E-state index in [4.69, 9.17) is 4.98 Å². The number of para-hydroxylation sites is 1. The van der Waals surface area contributed by atoms with Crippen LogP contribution in [0.1, 0.15) is 18.4 Å². The number of nitrogens with zero attached hydrogens (tertiary/aromatic N) is 4. The maximum atomic E-state index is 9.39. The molecular formula is C17H20N4. The van der Waals surface area contributed by atoms with Crippen molar-refractivity contribution in [3.05, 3.63) is 35.9 Å². The van der Waals surface area contributed by atoms with E-state index in [2.05, 4.69) is 30.0 Å². The summed E-state index contributed by atoms with van der Waals surface area (Å²) in [6.45, 7) is 2.21. The van der Waals surface area contributed by atoms with Gasteiger partial charge < -0.3 is 9.80 Å². The minimum absolute atomic E-state index is 0.462. The van der Waals surface area contributed by atoms with Gasteiger partial charge in [-0.2, -0.15) is 5.26 Å². The molecule has 0 amide bonds. The highest BCUT2D eigenvalue weighted by Gasteiger charge is 2.22. The third kappa shape index (κ3) is 2.70. The molecule has 1 aliphatic rings. The highest BCUT2D eigenvalue weighted by atomic mass is 15.2. The van der Waals surface area contributed by atoms with Crippen LogP contribution in [0.15, 0.2) is 30.3 Å². The quantitative estimate of drug-likeness (QED) is 0.848. The van der Waals surface area contributed by atoms with Crippen molar-refractivity contribution in [1.82, 2.24) is 9.88 Å². The minimum Gasteiger partial charge on any atom is -0.355 e. The zero-order valence-corrected chi connectivity index (χ0v) is 12.6. The molecule has 0 saturated carbocycles. The Balaban J connectivity index is 1.98. The summed E-state index contributed by atoms with van der Waals surface area (Å²) in [4.78, 5) is 9.32. The predicted molar refractivity (Wildman–Crippen MR) is 85.4 cm³/mol. The summed E-state index contributed by atoms with van der Waals surface area (Å²) in [5, 5.41) is 10.3. The summed E-state index contributed by atoms with van der Waals surface area (Å²) >= 11 is 0. The molecule has 21 heavy (non-hydrogen) atoms. The van der Waals surface area contributed by atoms with Crippen LogP contribution in [-0.4, -0.2) is 43.1 Å². The van der Waals surface area contributed by atoms with Gasteiger partial charge in [-0.25, -0.2) is 4.98 Å². The smallest absolute Gasteiger partial charge is 0.130 e. The van der Waals surface area contributed by atoms with Crippen molar-refractivity contribution in [2.24, 2.45) is 0 Å².